The van der Waals surface area contributed by atoms with E-state index in [9.17, 15) is 4.79 Å². The number of hydrogen-bond acceptors (Lipinski definition) is 3. The van der Waals surface area contributed by atoms with Crippen LogP contribution in [-0.4, -0.2) is 43.8 Å². The summed E-state index contributed by atoms with van der Waals surface area (Å²) < 4.78 is 0. The Morgan fingerprint density at radius 2 is 1.87 bits per heavy atom. The summed E-state index contributed by atoms with van der Waals surface area (Å²) in [4.78, 5) is 17.0. The molecule has 1 amide bonds. The molecule has 0 saturated heterocycles. The molecule has 0 fully saturated rings. The minimum Gasteiger partial charge on any atom is -0.357 e. The highest BCUT2D eigenvalue weighted by molar-refractivity contribution is 7.99. The molecule has 5 nitrogen and oxygen atoms in total. The minimum atomic E-state index is -0.0559. The summed E-state index contributed by atoms with van der Waals surface area (Å²) in [5, 5.41) is 9.91. The summed E-state index contributed by atoms with van der Waals surface area (Å²) in [5.74, 6) is 1.50. The minimum absolute atomic E-state index is 0.0559. The van der Waals surface area contributed by atoms with Gasteiger partial charge in [0.15, 0.2) is 5.96 Å². The van der Waals surface area contributed by atoms with Crippen LogP contribution in [0.25, 0.3) is 0 Å². The lowest BCUT2D eigenvalue weighted by Gasteiger charge is -2.11. The highest BCUT2D eigenvalue weighted by Gasteiger charge is 2.01. The predicted molar refractivity (Wildman–Crippen MR) is 99.5 cm³/mol. The first-order valence-electron chi connectivity index (χ1n) is 7.83. The zero-order valence-electron chi connectivity index (χ0n) is 13.7. The highest BCUT2D eigenvalue weighted by Crippen LogP contribution is 2.19. The Labute approximate surface area is 147 Å². The van der Waals surface area contributed by atoms with Gasteiger partial charge in [-0.25, -0.2) is 4.99 Å². The Kier molecular flexibility index (Phi) is 10.3. The number of guanidine groups is 1. The maximum absolute atomic E-state index is 11.6. The van der Waals surface area contributed by atoms with Crippen LogP contribution in [0.1, 0.15) is 20.3 Å². The molecule has 7 heteroatoms. The van der Waals surface area contributed by atoms with Crippen LogP contribution >= 0.6 is 23.4 Å². The second kappa shape index (κ2) is 12.1. The smallest absolute Gasteiger partial charge is 0.241 e. The fourth-order valence-corrected chi connectivity index (χ4v) is 2.58. The third kappa shape index (κ3) is 9.36. The van der Waals surface area contributed by atoms with Crippen molar-refractivity contribution in [1.82, 2.24) is 16.0 Å². The van der Waals surface area contributed by atoms with E-state index in [0.717, 1.165) is 30.3 Å². The van der Waals surface area contributed by atoms with Gasteiger partial charge in [-0.15, -0.1) is 11.8 Å². The second-order valence-corrected chi connectivity index (χ2v) is 6.38. The van der Waals surface area contributed by atoms with E-state index in [-0.39, 0.29) is 12.5 Å². The standard InChI is InChI=1S/C16H25ClN4OS/c1-3-9-19-15(22)12-21-16(18-4-2)20-10-11-23-14-7-5-13(17)6-8-14/h5-8H,3-4,9-12H2,1-2H3,(H,19,22)(H2,18,20,21). The van der Waals surface area contributed by atoms with Gasteiger partial charge in [-0.1, -0.05) is 18.5 Å². The topological polar surface area (TPSA) is 65.5 Å². The first-order valence-corrected chi connectivity index (χ1v) is 9.19. The third-order valence-corrected chi connectivity index (χ3v) is 4.04. The van der Waals surface area contributed by atoms with E-state index in [2.05, 4.69) is 20.9 Å². The van der Waals surface area contributed by atoms with Gasteiger partial charge in [0.1, 0.15) is 6.54 Å². The van der Waals surface area contributed by atoms with Gasteiger partial charge in [0.05, 0.1) is 0 Å². The maximum atomic E-state index is 11.6. The molecule has 0 atom stereocenters. The van der Waals surface area contributed by atoms with E-state index in [0.29, 0.717) is 12.5 Å². The molecule has 0 saturated carbocycles. The van der Waals surface area contributed by atoms with Crippen LogP contribution in [0, 0.1) is 0 Å². The number of amides is 1. The average Bonchev–Trinajstić information content (AvgIpc) is 2.56. The lowest BCUT2D eigenvalue weighted by molar-refractivity contribution is -0.119. The van der Waals surface area contributed by atoms with E-state index in [1.165, 1.54) is 4.90 Å². The number of nitrogens with zero attached hydrogens (tertiary/aromatic N) is 1. The summed E-state index contributed by atoms with van der Waals surface area (Å²) in [6.07, 6.45) is 0.926. The quantitative estimate of drug-likeness (QED) is 0.275. The van der Waals surface area contributed by atoms with Gasteiger partial charge in [0.2, 0.25) is 5.91 Å². The van der Waals surface area contributed by atoms with Crippen molar-refractivity contribution < 1.29 is 4.79 Å². The van der Waals surface area contributed by atoms with Gasteiger partial charge in [0.25, 0.3) is 0 Å². The lowest BCUT2D eigenvalue weighted by atomic mass is 10.4. The Bertz CT molecular complexity index is 493. The molecular weight excluding hydrogens is 332 g/mol. The number of nitrogens with one attached hydrogen (secondary N) is 3. The fraction of sp³-hybridized carbons (Fsp3) is 0.500. The van der Waals surface area contributed by atoms with Crippen LogP contribution < -0.4 is 16.0 Å². The second-order valence-electron chi connectivity index (χ2n) is 4.77. The number of hydrogen-bond donors (Lipinski definition) is 3. The molecule has 1 rings (SSSR count). The molecule has 1 aromatic carbocycles. The van der Waals surface area contributed by atoms with E-state index >= 15 is 0 Å². The highest BCUT2D eigenvalue weighted by atomic mass is 35.5. The first-order chi connectivity index (χ1) is 11.2. The van der Waals surface area contributed by atoms with Crippen LogP contribution in [-0.2, 0) is 4.79 Å². The summed E-state index contributed by atoms with van der Waals surface area (Å²) in [7, 11) is 0. The molecule has 0 aliphatic heterocycles. The van der Waals surface area contributed by atoms with Gasteiger partial charge in [0, 0.05) is 35.3 Å². The number of benzene rings is 1. The van der Waals surface area contributed by atoms with Gasteiger partial charge in [-0.3, -0.25) is 4.79 Å². The molecule has 0 heterocycles. The Morgan fingerprint density at radius 3 is 2.52 bits per heavy atom. The van der Waals surface area contributed by atoms with Crippen molar-refractivity contribution in [2.45, 2.75) is 25.2 Å². The van der Waals surface area contributed by atoms with Crippen molar-refractivity contribution in [3.05, 3.63) is 29.3 Å². The number of thioether (sulfide) groups is 1. The average molecular weight is 357 g/mol. The van der Waals surface area contributed by atoms with Gasteiger partial charge < -0.3 is 16.0 Å². The third-order valence-electron chi connectivity index (χ3n) is 2.77. The molecule has 0 aliphatic carbocycles. The molecule has 0 unspecified atom stereocenters. The number of aliphatic imine (C=N–C) groups is 1. The van der Waals surface area contributed by atoms with Crippen LogP contribution in [0.2, 0.25) is 5.02 Å². The van der Waals surface area contributed by atoms with Crippen molar-refractivity contribution in [3.8, 4) is 0 Å². The molecular formula is C16H25ClN4OS. The van der Waals surface area contributed by atoms with E-state index in [1.807, 2.05) is 38.1 Å². The number of halogens is 1. The summed E-state index contributed by atoms with van der Waals surface area (Å²) in [5.41, 5.74) is 0. The maximum Gasteiger partial charge on any atom is 0.241 e. The first kappa shape index (κ1) is 19.6. The molecule has 0 spiro atoms. The zero-order valence-corrected chi connectivity index (χ0v) is 15.3. The number of carbonyl (C=O) groups excluding carboxylic acids is 1. The summed E-state index contributed by atoms with van der Waals surface area (Å²) in [6, 6.07) is 7.78. The molecule has 23 heavy (non-hydrogen) atoms. The SMILES string of the molecule is CCCNC(=O)CN=C(NCC)NCCSc1ccc(Cl)cc1. The van der Waals surface area contributed by atoms with Crippen LogP contribution in [0.3, 0.4) is 0 Å². The van der Waals surface area contributed by atoms with Crippen molar-refractivity contribution in [3.63, 3.8) is 0 Å². The lowest BCUT2D eigenvalue weighted by Crippen LogP contribution is -2.39. The normalized spacial score (nSPS) is 11.2. The van der Waals surface area contributed by atoms with Gasteiger partial charge >= 0.3 is 0 Å². The van der Waals surface area contributed by atoms with E-state index in [1.54, 1.807) is 11.8 Å². The fourth-order valence-electron chi connectivity index (χ4n) is 1.68. The van der Waals surface area contributed by atoms with Gasteiger partial charge in [-0.05, 0) is 37.6 Å². The molecule has 0 aliphatic rings. The predicted octanol–water partition coefficient (Wildman–Crippen LogP) is 2.51. The monoisotopic (exact) mass is 356 g/mol. The number of carbonyl (C=O) groups is 1. The van der Waals surface area contributed by atoms with Crippen molar-refractivity contribution in [2.24, 2.45) is 4.99 Å². The van der Waals surface area contributed by atoms with Crippen LogP contribution in [0.15, 0.2) is 34.2 Å². The van der Waals surface area contributed by atoms with Crippen LogP contribution in [0.5, 0.6) is 0 Å². The number of rotatable bonds is 9. The van der Waals surface area contributed by atoms with Crippen molar-refractivity contribution >= 4 is 35.2 Å². The largest absolute Gasteiger partial charge is 0.357 e. The molecule has 0 radical (unpaired) electrons. The van der Waals surface area contributed by atoms with Crippen molar-refractivity contribution in [1.29, 1.82) is 0 Å². The Morgan fingerprint density at radius 1 is 1.13 bits per heavy atom. The molecule has 0 aromatic heterocycles. The zero-order chi connectivity index (χ0) is 16.9. The van der Waals surface area contributed by atoms with Gasteiger partial charge in [-0.2, -0.15) is 0 Å². The molecule has 1 aromatic rings. The van der Waals surface area contributed by atoms with Crippen LogP contribution in [0.4, 0.5) is 0 Å². The summed E-state index contributed by atoms with van der Waals surface area (Å²) >= 11 is 7.60. The Balaban J connectivity index is 2.31. The van der Waals surface area contributed by atoms with E-state index < -0.39 is 0 Å². The van der Waals surface area contributed by atoms with Crippen molar-refractivity contribution in [2.75, 3.05) is 31.9 Å². The Hall–Kier alpha value is -1.40. The summed E-state index contributed by atoms with van der Waals surface area (Å²) in [6.45, 7) is 6.36. The molecule has 128 valence electrons. The van der Waals surface area contributed by atoms with E-state index in [4.69, 9.17) is 11.6 Å². The molecule has 3 N–H and O–H groups in total. The molecule has 0 bridgehead atoms.